The first-order valence-electron chi connectivity index (χ1n) is 5.00. The van der Waals surface area contributed by atoms with Crippen LogP contribution in [0.15, 0.2) is 35.2 Å². The van der Waals surface area contributed by atoms with Gasteiger partial charge < -0.3 is 5.11 Å². The van der Waals surface area contributed by atoms with E-state index < -0.39 is 21.7 Å². The first-order valence-corrected chi connectivity index (χ1v) is 6.40. The van der Waals surface area contributed by atoms with Gasteiger partial charge in [-0.15, -0.1) is 5.92 Å². The molecule has 1 N–H and O–H groups in total. The molecule has 0 aliphatic carbocycles. The van der Waals surface area contributed by atoms with Crippen molar-refractivity contribution in [2.45, 2.75) is 24.3 Å². The van der Waals surface area contributed by atoms with Crippen molar-refractivity contribution in [1.82, 2.24) is 0 Å². The standard InChI is InChI=1S/C12H12O5S/c1-3-9-12(2,11(13)14)17-18(15,16)10-7-5-4-6-8-10/h4-8H,1-2H3,(H,13,14). The van der Waals surface area contributed by atoms with Gasteiger partial charge in [0.25, 0.3) is 10.1 Å². The average Bonchev–Trinajstić information content (AvgIpc) is 2.29. The van der Waals surface area contributed by atoms with Gasteiger partial charge in [0.1, 0.15) is 0 Å². The van der Waals surface area contributed by atoms with E-state index in [2.05, 4.69) is 11.8 Å². The van der Waals surface area contributed by atoms with Crippen LogP contribution in [0.4, 0.5) is 0 Å². The summed E-state index contributed by atoms with van der Waals surface area (Å²) in [5.74, 6) is 3.12. The van der Waals surface area contributed by atoms with Crippen LogP contribution in [0.2, 0.25) is 0 Å². The summed E-state index contributed by atoms with van der Waals surface area (Å²) >= 11 is 0. The predicted octanol–water partition coefficient (Wildman–Crippen LogP) is 1.26. The molecule has 0 heterocycles. The third-order valence-corrected chi connectivity index (χ3v) is 3.48. The van der Waals surface area contributed by atoms with E-state index >= 15 is 0 Å². The Balaban J connectivity index is 3.16. The third kappa shape index (κ3) is 3.09. The lowest BCUT2D eigenvalue weighted by Gasteiger charge is -2.18. The quantitative estimate of drug-likeness (QED) is 0.656. The van der Waals surface area contributed by atoms with Crippen LogP contribution in [0.5, 0.6) is 0 Å². The zero-order valence-corrected chi connectivity index (χ0v) is 10.7. The topological polar surface area (TPSA) is 80.7 Å². The number of carbonyl (C=O) groups is 1. The average molecular weight is 268 g/mol. The second-order valence-corrected chi connectivity index (χ2v) is 5.11. The molecular weight excluding hydrogens is 256 g/mol. The number of aliphatic carboxylic acids is 1. The lowest BCUT2D eigenvalue weighted by Crippen LogP contribution is -2.39. The van der Waals surface area contributed by atoms with Crippen molar-refractivity contribution in [3.63, 3.8) is 0 Å². The molecule has 6 heteroatoms. The molecule has 5 nitrogen and oxygen atoms in total. The van der Waals surface area contributed by atoms with Gasteiger partial charge in [0, 0.05) is 0 Å². The molecule has 0 aliphatic heterocycles. The molecule has 0 aromatic heterocycles. The highest BCUT2D eigenvalue weighted by molar-refractivity contribution is 7.86. The molecule has 96 valence electrons. The maximum Gasteiger partial charge on any atom is 0.349 e. The molecule has 1 rings (SSSR count). The summed E-state index contributed by atoms with van der Waals surface area (Å²) in [7, 11) is -4.17. The van der Waals surface area contributed by atoms with Crippen molar-refractivity contribution in [3.05, 3.63) is 30.3 Å². The molecule has 0 bridgehead atoms. The van der Waals surface area contributed by atoms with Crippen LogP contribution in [0.25, 0.3) is 0 Å². The van der Waals surface area contributed by atoms with Gasteiger partial charge >= 0.3 is 5.97 Å². The Morgan fingerprint density at radius 3 is 2.33 bits per heavy atom. The summed E-state index contributed by atoms with van der Waals surface area (Å²) < 4.78 is 28.5. The zero-order chi connectivity index (χ0) is 13.8. The molecule has 0 amide bonds. The molecular formula is C12H12O5S. The van der Waals surface area contributed by atoms with Crippen molar-refractivity contribution in [3.8, 4) is 11.8 Å². The highest BCUT2D eigenvalue weighted by Gasteiger charge is 2.38. The van der Waals surface area contributed by atoms with Gasteiger partial charge in [-0.3, -0.25) is 0 Å². The van der Waals surface area contributed by atoms with E-state index in [0.29, 0.717) is 0 Å². The van der Waals surface area contributed by atoms with Gasteiger partial charge in [-0.1, -0.05) is 24.1 Å². The van der Waals surface area contributed by atoms with Crippen molar-refractivity contribution in [1.29, 1.82) is 0 Å². The van der Waals surface area contributed by atoms with Crippen molar-refractivity contribution < 1.29 is 22.5 Å². The molecule has 1 aromatic carbocycles. The van der Waals surface area contributed by atoms with Crippen molar-refractivity contribution in [2.75, 3.05) is 0 Å². The van der Waals surface area contributed by atoms with Crippen LogP contribution in [0, 0.1) is 11.8 Å². The summed E-state index contributed by atoms with van der Waals surface area (Å²) in [5.41, 5.74) is -2.09. The molecule has 0 radical (unpaired) electrons. The van der Waals surface area contributed by atoms with Gasteiger partial charge in [0.05, 0.1) is 4.90 Å². The van der Waals surface area contributed by atoms with Gasteiger partial charge in [-0.2, -0.15) is 8.42 Å². The van der Waals surface area contributed by atoms with E-state index in [9.17, 15) is 13.2 Å². The summed E-state index contributed by atoms with van der Waals surface area (Å²) in [5, 5.41) is 8.98. The maximum atomic E-state index is 11.9. The number of hydrogen-bond donors (Lipinski definition) is 1. The molecule has 1 unspecified atom stereocenters. The molecule has 18 heavy (non-hydrogen) atoms. The Hall–Kier alpha value is -1.84. The highest BCUT2D eigenvalue weighted by atomic mass is 32.2. The smallest absolute Gasteiger partial charge is 0.349 e. The molecule has 0 saturated heterocycles. The number of carboxylic acids is 1. The molecule has 0 saturated carbocycles. The summed E-state index contributed by atoms with van der Waals surface area (Å²) in [6.07, 6.45) is 0. The van der Waals surface area contributed by atoms with E-state index in [0.717, 1.165) is 6.92 Å². The van der Waals surface area contributed by atoms with Crippen molar-refractivity contribution in [2.24, 2.45) is 0 Å². The fraction of sp³-hybridized carbons (Fsp3) is 0.250. The Labute approximate surface area is 106 Å². The normalized spacial score (nSPS) is 14.1. The minimum absolute atomic E-state index is 0.115. The Bertz CT molecular complexity index is 594. The molecule has 1 atom stereocenters. The maximum absolute atomic E-state index is 11.9. The third-order valence-electron chi connectivity index (χ3n) is 2.08. The van der Waals surface area contributed by atoms with Gasteiger partial charge in [-0.25, -0.2) is 8.98 Å². The second-order valence-electron chi connectivity index (χ2n) is 3.56. The first-order chi connectivity index (χ1) is 8.32. The van der Waals surface area contributed by atoms with Crippen LogP contribution in [0.3, 0.4) is 0 Å². The van der Waals surface area contributed by atoms with Gasteiger partial charge in [0.2, 0.25) is 5.60 Å². The summed E-state index contributed by atoms with van der Waals surface area (Å²) in [6, 6.07) is 7.30. The first kappa shape index (κ1) is 14.2. The number of hydrogen-bond acceptors (Lipinski definition) is 4. The van der Waals surface area contributed by atoms with Gasteiger partial charge in [-0.05, 0) is 26.0 Å². The monoisotopic (exact) mass is 268 g/mol. The molecule has 1 aromatic rings. The Kier molecular flexibility index (Phi) is 4.11. The van der Waals surface area contributed by atoms with E-state index in [1.165, 1.54) is 31.2 Å². The van der Waals surface area contributed by atoms with E-state index in [1.54, 1.807) is 6.07 Å². The van der Waals surface area contributed by atoms with Crippen LogP contribution >= 0.6 is 0 Å². The SMILES string of the molecule is CC#CC(C)(OS(=O)(=O)c1ccccc1)C(=O)O. The molecule has 0 spiro atoms. The van der Waals surface area contributed by atoms with Crippen molar-refractivity contribution >= 4 is 16.1 Å². The lowest BCUT2D eigenvalue weighted by atomic mass is 10.1. The van der Waals surface area contributed by atoms with E-state index in [1.807, 2.05) is 0 Å². The summed E-state index contributed by atoms with van der Waals surface area (Å²) in [4.78, 5) is 10.9. The minimum Gasteiger partial charge on any atom is -0.478 e. The van der Waals surface area contributed by atoms with E-state index in [4.69, 9.17) is 9.29 Å². The predicted molar refractivity (Wildman–Crippen MR) is 64.2 cm³/mol. The Morgan fingerprint density at radius 1 is 1.33 bits per heavy atom. The number of carboxylic acid groups (broad SMARTS) is 1. The largest absolute Gasteiger partial charge is 0.478 e. The fourth-order valence-corrected chi connectivity index (χ4v) is 2.34. The van der Waals surface area contributed by atoms with Crippen LogP contribution in [-0.2, 0) is 19.1 Å². The minimum atomic E-state index is -4.17. The second kappa shape index (κ2) is 5.21. The van der Waals surface area contributed by atoms with Crippen LogP contribution in [-0.4, -0.2) is 25.1 Å². The lowest BCUT2D eigenvalue weighted by molar-refractivity contribution is -0.148. The summed E-state index contributed by atoms with van der Waals surface area (Å²) in [6.45, 7) is 2.49. The Morgan fingerprint density at radius 2 is 1.89 bits per heavy atom. The number of benzene rings is 1. The zero-order valence-electron chi connectivity index (χ0n) is 9.88. The van der Waals surface area contributed by atoms with Gasteiger partial charge in [0.15, 0.2) is 0 Å². The number of rotatable bonds is 4. The molecule has 0 fully saturated rings. The van der Waals surface area contributed by atoms with Crippen LogP contribution < -0.4 is 0 Å². The fourth-order valence-electron chi connectivity index (χ4n) is 1.20. The van der Waals surface area contributed by atoms with Crippen LogP contribution in [0.1, 0.15) is 13.8 Å². The molecule has 0 aliphatic rings. The highest BCUT2D eigenvalue weighted by Crippen LogP contribution is 2.20. The van der Waals surface area contributed by atoms with E-state index in [-0.39, 0.29) is 4.90 Å².